The average Bonchev–Trinajstić information content (AvgIpc) is 3.47. The van der Waals surface area contributed by atoms with Gasteiger partial charge in [-0.3, -0.25) is 4.79 Å². The summed E-state index contributed by atoms with van der Waals surface area (Å²) in [6, 6.07) is 5.28. The lowest BCUT2D eigenvalue weighted by Crippen LogP contribution is -2.44. The van der Waals surface area contributed by atoms with Crippen molar-refractivity contribution in [3.63, 3.8) is 0 Å². The number of alkyl carbamates (subject to hydrolysis) is 1. The number of nitrogens with one attached hydrogen (secondary N) is 2. The minimum absolute atomic E-state index is 0.0670. The van der Waals surface area contributed by atoms with E-state index in [1.54, 1.807) is 31.3 Å². The Bertz CT molecular complexity index is 1480. The maximum absolute atomic E-state index is 13.0. The summed E-state index contributed by atoms with van der Waals surface area (Å²) in [6.45, 7) is 7.41. The maximum Gasteiger partial charge on any atom is 0.416 e. The monoisotopic (exact) mass is 672 g/mol. The highest BCUT2D eigenvalue weighted by Crippen LogP contribution is 2.26. The van der Waals surface area contributed by atoms with Crippen LogP contribution in [0.3, 0.4) is 0 Å². The van der Waals surface area contributed by atoms with Crippen molar-refractivity contribution in [2.45, 2.75) is 56.8 Å². The van der Waals surface area contributed by atoms with E-state index in [0.717, 1.165) is 0 Å². The van der Waals surface area contributed by atoms with Crippen molar-refractivity contribution in [1.29, 1.82) is 0 Å². The van der Waals surface area contributed by atoms with Gasteiger partial charge < -0.3 is 28.9 Å². The summed E-state index contributed by atoms with van der Waals surface area (Å²) >= 11 is 17.1. The number of aromatic nitrogens is 2. The van der Waals surface area contributed by atoms with Crippen molar-refractivity contribution in [2.24, 2.45) is 5.41 Å². The van der Waals surface area contributed by atoms with Gasteiger partial charge in [0.15, 0.2) is 5.43 Å². The van der Waals surface area contributed by atoms with Crippen LogP contribution in [0, 0.1) is 5.41 Å². The van der Waals surface area contributed by atoms with Crippen LogP contribution in [0.4, 0.5) is 15.5 Å². The average molecular weight is 674 g/mol. The molecular weight excluding hydrogens is 639 g/mol. The number of carbonyl (C=O) groups is 3. The Morgan fingerprint density at radius 3 is 2.48 bits per heavy atom. The van der Waals surface area contributed by atoms with Gasteiger partial charge in [-0.1, -0.05) is 61.6 Å². The van der Waals surface area contributed by atoms with Crippen molar-refractivity contribution in [2.75, 3.05) is 31.3 Å². The topological polar surface area (TPSA) is 153 Å². The molecule has 2 heterocycles. The largest absolute Gasteiger partial charge is 0.464 e. The Labute approximate surface area is 269 Å². The van der Waals surface area contributed by atoms with Crippen molar-refractivity contribution < 1.29 is 33.0 Å². The fraction of sp³-hybridized carbons (Fsp3) is 0.483. The van der Waals surface area contributed by atoms with Crippen LogP contribution >= 0.6 is 34.8 Å². The lowest BCUT2D eigenvalue weighted by atomic mass is 9.99. The van der Waals surface area contributed by atoms with Crippen LogP contribution in [0.2, 0.25) is 0 Å². The van der Waals surface area contributed by atoms with Crippen LogP contribution in [-0.2, 0) is 31.8 Å². The minimum Gasteiger partial charge on any atom is -0.464 e. The van der Waals surface area contributed by atoms with Gasteiger partial charge in [-0.15, -0.1) is 0 Å². The smallest absolute Gasteiger partial charge is 0.416 e. The molecule has 12 nitrogen and oxygen atoms in total. The number of anilines is 1. The van der Waals surface area contributed by atoms with E-state index in [4.69, 9.17) is 53.4 Å². The zero-order valence-electron chi connectivity index (χ0n) is 24.8. The summed E-state index contributed by atoms with van der Waals surface area (Å²) in [5, 5.41) is 2.86. The number of imidazole rings is 1. The van der Waals surface area contributed by atoms with Crippen molar-refractivity contribution in [3.8, 4) is 0 Å². The van der Waals surface area contributed by atoms with Gasteiger partial charge in [0.25, 0.3) is 0 Å². The molecule has 0 radical (unpaired) electrons. The molecule has 0 unspecified atom stereocenters. The van der Waals surface area contributed by atoms with Gasteiger partial charge in [-0.2, -0.15) is 0 Å². The highest BCUT2D eigenvalue weighted by Gasteiger charge is 2.27. The summed E-state index contributed by atoms with van der Waals surface area (Å²) in [7, 11) is 0. The molecule has 0 saturated heterocycles. The van der Waals surface area contributed by atoms with Crippen LogP contribution in [0.25, 0.3) is 11.0 Å². The highest BCUT2D eigenvalue weighted by molar-refractivity contribution is 6.67. The highest BCUT2D eigenvalue weighted by atomic mass is 35.6. The first kappa shape index (κ1) is 35.0. The Hall–Kier alpha value is -3.48. The number of nitrogens with zero attached hydrogens (tertiary/aromatic N) is 2. The van der Waals surface area contributed by atoms with Gasteiger partial charge in [-0.25, -0.2) is 24.3 Å². The molecule has 2 amide bonds. The third kappa shape index (κ3) is 11.2. The first-order chi connectivity index (χ1) is 20.6. The normalized spacial score (nSPS) is 12.4. The predicted octanol–water partition coefficient (Wildman–Crippen LogP) is 5.71. The standard InChI is InChI=1S/C29H35Cl3N4O8/c1-5-41-24(38)21(35-26(39)42-16-28(2,3)4)14-18-8-9-23-20(13-18)22(37)15-19(44-23)7-6-12-36(25-33-10-11-34-25)27(40)43-17-29(30,31)32/h8-11,13,15,21H,5-7,12,14,16-17H2,1-4H3,(H,33,34)(H,35,39)/t21-/m0/s1. The van der Waals surface area contributed by atoms with Gasteiger partial charge >= 0.3 is 18.2 Å². The minimum atomic E-state index is -1.77. The molecule has 15 heteroatoms. The van der Waals surface area contributed by atoms with Crippen LogP contribution in [0.5, 0.6) is 0 Å². The quantitative estimate of drug-likeness (QED) is 0.140. The number of benzene rings is 1. The van der Waals surface area contributed by atoms with E-state index in [1.165, 1.54) is 17.2 Å². The summed E-state index contributed by atoms with van der Waals surface area (Å²) in [4.78, 5) is 58.7. The van der Waals surface area contributed by atoms with Crippen LogP contribution in [0.1, 0.15) is 45.4 Å². The summed E-state index contributed by atoms with van der Waals surface area (Å²) in [6.07, 6.45) is 2.28. The molecule has 0 bridgehead atoms. The van der Waals surface area contributed by atoms with E-state index in [9.17, 15) is 19.2 Å². The lowest BCUT2D eigenvalue weighted by Gasteiger charge is -2.21. The third-order valence-electron chi connectivity index (χ3n) is 5.91. The molecule has 3 aromatic rings. The molecule has 0 aliphatic carbocycles. The van der Waals surface area contributed by atoms with Crippen LogP contribution in [-0.4, -0.2) is 64.3 Å². The number of aromatic amines is 1. The Morgan fingerprint density at radius 2 is 1.84 bits per heavy atom. The maximum atomic E-state index is 13.0. The number of ether oxygens (including phenoxy) is 3. The fourth-order valence-electron chi connectivity index (χ4n) is 3.96. The number of hydrogen-bond acceptors (Lipinski definition) is 9. The third-order valence-corrected chi connectivity index (χ3v) is 6.23. The molecule has 0 aliphatic heterocycles. The summed E-state index contributed by atoms with van der Waals surface area (Å²) in [5.74, 6) is 0.0179. The van der Waals surface area contributed by atoms with Crippen molar-refractivity contribution in [3.05, 3.63) is 58.2 Å². The molecule has 3 rings (SSSR count). The number of alkyl halides is 3. The van der Waals surface area contributed by atoms with Gasteiger partial charge in [0.1, 0.15) is 24.0 Å². The molecule has 240 valence electrons. The number of H-pyrrole nitrogens is 1. The summed E-state index contributed by atoms with van der Waals surface area (Å²) < 4.78 is 19.6. The number of amides is 2. The number of fused-ring (bicyclic) bond motifs is 1. The second kappa shape index (κ2) is 15.5. The molecule has 2 N–H and O–H groups in total. The number of halogens is 3. The van der Waals surface area contributed by atoms with Crippen LogP contribution in [0.15, 0.2) is 45.9 Å². The van der Waals surface area contributed by atoms with Crippen molar-refractivity contribution >= 4 is 69.9 Å². The lowest BCUT2D eigenvalue weighted by molar-refractivity contribution is -0.145. The molecule has 1 aromatic carbocycles. The Kier molecular flexibility index (Phi) is 12.3. The second-order valence-electron chi connectivity index (χ2n) is 11.0. The zero-order valence-corrected chi connectivity index (χ0v) is 27.1. The zero-order chi connectivity index (χ0) is 32.5. The van der Waals surface area contributed by atoms with E-state index < -0.39 is 34.6 Å². The molecule has 0 spiro atoms. The van der Waals surface area contributed by atoms with Gasteiger partial charge in [0, 0.05) is 37.8 Å². The molecule has 44 heavy (non-hydrogen) atoms. The molecule has 0 fully saturated rings. The van der Waals surface area contributed by atoms with Gasteiger partial charge in [0.2, 0.25) is 9.74 Å². The molecule has 1 atom stereocenters. The van der Waals surface area contributed by atoms with Gasteiger partial charge in [0.05, 0.1) is 18.6 Å². The first-order valence-corrected chi connectivity index (χ1v) is 14.9. The SMILES string of the molecule is CCOC(=O)[C@H](Cc1ccc2oc(CCCN(C(=O)OCC(Cl)(Cl)Cl)c3ncc[nH]3)cc(=O)c2c1)NC(=O)OCC(C)(C)C. The van der Waals surface area contributed by atoms with E-state index in [1.807, 2.05) is 20.8 Å². The molecule has 0 saturated carbocycles. The van der Waals surface area contributed by atoms with Gasteiger partial charge in [-0.05, 0) is 36.5 Å². The predicted molar refractivity (Wildman–Crippen MR) is 166 cm³/mol. The number of carbonyl (C=O) groups excluding carboxylic acids is 3. The van der Waals surface area contributed by atoms with Crippen LogP contribution < -0.4 is 15.6 Å². The van der Waals surface area contributed by atoms with Crippen molar-refractivity contribution in [1.82, 2.24) is 15.3 Å². The van der Waals surface area contributed by atoms with E-state index in [-0.39, 0.29) is 43.0 Å². The molecular formula is C29H35Cl3N4O8. The first-order valence-electron chi connectivity index (χ1n) is 13.8. The molecule has 2 aromatic heterocycles. The fourth-order valence-corrected chi connectivity index (χ4v) is 4.13. The Balaban J connectivity index is 1.70. The summed E-state index contributed by atoms with van der Waals surface area (Å²) in [5.41, 5.74) is 0.401. The van der Waals surface area contributed by atoms with E-state index >= 15 is 0 Å². The number of rotatable bonds is 12. The number of esters is 1. The van der Waals surface area contributed by atoms with E-state index in [2.05, 4.69) is 15.3 Å². The Morgan fingerprint density at radius 1 is 1.09 bits per heavy atom. The molecule has 0 aliphatic rings. The number of hydrogen-bond donors (Lipinski definition) is 2. The van der Waals surface area contributed by atoms with E-state index in [0.29, 0.717) is 35.1 Å². The number of aryl methyl sites for hydroxylation is 1. The second-order valence-corrected chi connectivity index (χ2v) is 13.6.